The topological polar surface area (TPSA) is 107 Å². The van der Waals surface area contributed by atoms with Gasteiger partial charge in [0.2, 0.25) is 0 Å². The molecule has 0 radical (unpaired) electrons. The molecule has 1 amide bonds. The van der Waals surface area contributed by atoms with Gasteiger partial charge in [-0.25, -0.2) is 9.59 Å². The molecule has 2 bridgehead atoms. The fourth-order valence-electron chi connectivity index (χ4n) is 3.39. The first-order chi connectivity index (χ1) is 10.4. The van der Waals surface area contributed by atoms with Crippen molar-refractivity contribution in [3.05, 3.63) is 16.0 Å². The van der Waals surface area contributed by atoms with Gasteiger partial charge in [0.15, 0.2) is 0 Å². The predicted octanol–water partition coefficient (Wildman–Crippen LogP) is 1.72. The van der Waals surface area contributed by atoms with Gasteiger partial charge >= 0.3 is 17.8 Å². The van der Waals surface area contributed by atoms with Crippen molar-refractivity contribution >= 4 is 34.2 Å². The highest BCUT2D eigenvalue weighted by Gasteiger charge is 2.39. The van der Waals surface area contributed by atoms with Crippen LogP contribution in [0.25, 0.3) is 0 Å². The molecule has 8 heteroatoms. The van der Waals surface area contributed by atoms with E-state index in [9.17, 15) is 19.5 Å². The molecule has 2 aliphatic rings. The van der Waals surface area contributed by atoms with E-state index in [-0.39, 0.29) is 22.5 Å². The summed E-state index contributed by atoms with van der Waals surface area (Å²) in [6.45, 7) is 3.82. The molecule has 3 unspecified atom stereocenters. The van der Waals surface area contributed by atoms with E-state index in [2.05, 4.69) is 10.2 Å². The van der Waals surface area contributed by atoms with Crippen LogP contribution in [0.15, 0.2) is 0 Å². The Labute approximate surface area is 130 Å². The largest absolute Gasteiger partial charge is 0.478 e. The number of aliphatic carboxylic acids is 1. The summed E-state index contributed by atoms with van der Waals surface area (Å²) < 4.78 is 0. The SMILES string of the molecule is CC1c2sc(NC(=O)C(=O)O)c(C(=O)O)c2C2CCCN1C2. The maximum absolute atomic E-state index is 11.7. The number of hydrogen-bond acceptors (Lipinski definition) is 5. The van der Waals surface area contributed by atoms with Crippen LogP contribution < -0.4 is 5.32 Å². The molecule has 3 N–H and O–H groups in total. The molecule has 1 saturated heterocycles. The van der Waals surface area contributed by atoms with E-state index in [0.29, 0.717) is 0 Å². The standard InChI is InChI=1S/C14H16N2O5S/c1-6-10-8(7-3-2-4-16(6)5-7)9(13(18)19)12(22-10)15-11(17)14(20)21/h6-7H,2-5H2,1H3,(H,15,17)(H,18,19)(H,20,21). The Hall–Kier alpha value is -1.93. The first-order valence-corrected chi connectivity index (χ1v) is 7.90. The van der Waals surface area contributed by atoms with Gasteiger partial charge in [-0.15, -0.1) is 11.3 Å². The Kier molecular flexibility index (Phi) is 3.65. The number of carboxylic acid groups (broad SMARTS) is 2. The third-order valence-electron chi connectivity index (χ3n) is 4.40. The molecule has 3 rings (SSSR count). The number of thiophene rings is 1. The number of amides is 1. The number of piperidine rings is 1. The van der Waals surface area contributed by atoms with Crippen molar-refractivity contribution in [2.75, 3.05) is 18.4 Å². The second-order valence-corrected chi connectivity index (χ2v) is 6.71. The van der Waals surface area contributed by atoms with Crippen molar-refractivity contribution in [1.82, 2.24) is 4.90 Å². The molecule has 0 saturated carbocycles. The molecule has 0 spiro atoms. The number of aromatic carboxylic acids is 1. The highest BCUT2D eigenvalue weighted by Crippen LogP contribution is 2.49. The lowest BCUT2D eigenvalue weighted by Gasteiger charge is -2.42. The van der Waals surface area contributed by atoms with Crippen LogP contribution in [0.1, 0.15) is 52.5 Å². The van der Waals surface area contributed by atoms with Gasteiger partial charge in [0.1, 0.15) is 5.00 Å². The molecule has 22 heavy (non-hydrogen) atoms. The molecule has 118 valence electrons. The third kappa shape index (κ3) is 2.28. The Morgan fingerprint density at radius 3 is 2.68 bits per heavy atom. The number of hydrogen-bond donors (Lipinski definition) is 3. The highest BCUT2D eigenvalue weighted by molar-refractivity contribution is 7.17. The maximum Gasteiger partial charge on any atom is 0.394 e. The Bertz CT molecular complexity index is 668. The van der Waals surface area contributed by atoms with Crippen LogP contribution >= 0.6 is 11.3 Å². The van der Waals surface area contributed by atoms with Gasteiger partial charge in [0.05, 0.1) is 5.56 Å². The smallest absolute Gasteiger partial charge is 0.394 e. The quantitative estimate of drug-likeness (QED) is 0.715. The number of nitrogens with one attached hydrogen (secondary N) is 1. The molecule has 1 fully saturated rings. The molecule has 7 nitrogen and oxygen atoms in total. The Morgan fingerprint density at radius 1 is 1.32 bits per heavy atom. The molecule has 3 atom stereocenters. The molecule has 0 aromatic carbocycles. The average molecular weight is 324 g/mol. The molecule has 1 aromatic heterocycles. The van der Waals surface area contributed by atoms with Crippen LogP contribution in [-0.2, 0) is 9.59 Å². The zero-order chi connectivity index (χ0) is 16.0. The van der Waals surface area contributed by atoms with Crippen molar-refractivity contribution in [2.24, 2.45) is 0 Å². The minimum atomic E-state index is -1.63. The highest BCUT2D eigenvalue weighted by atomic mass is 32.1. The zero-order valence-corrected chi connectivity index (χ0v) is 12.8. The van der Waals surface area contributed by atoms with Gasteiger partial charge in [-0.1, -0.05) is 0 Å². The molecular weight excluding hydrogens is 308 g/mol. The summed E-state index contributed by atoms with van der Waals surface area (Å²) in [5, 5.41) is 20.6. The average Bonchev–Trinajstić information content (AvgIpc) is 2.85. The number of nitrogens with zero attached hydrogens (tertiary/aromatic N) is 1. The first-order valence-electron chi connectivity index (χ1n) is 7.08. The fraction of sp³-hybridized carbons (Fsp3) is 0.500. The number of carboxylic acids is 2. The summed E-state index contributed by atoms with van der Waals surface area (Å²) in [4.78, 5) is 37.0. The summed E-state index contributed by atoms with van der Waals surface area (Å²) in [6.07, 6.45) is 1.93. The number of carbonyl (C=O) groups is 3. The van der Waals surface area contributed by atoms with Crippen molar-refractivity contribution < 1.29 is 24.6 Å². The van der Waals surface area contributed by atoms with Gasteiger partial charge < -0.3 is 15.5 Å². The van der Waals surface area contributed by atoms with Crippen molar-refractivity contribution in [1.29, 1.82) is 0 Å². The maximum atomic E-state index is 11.7. The minimum absolute atomic E-state index is 0.0630. The fourth-order valence-corrected chi connectivity index (χ4v) is 4.75. The monoisotopic (exact) mass is 324 g/mol. The summed E-state index contributed by atoms with van der Waals surface area (Å²) in [6, 6.07) is 0.0881. The van der Waals surface area contributed by atoms with Gasteiger partial charge in [-0.2, -0.15) is 0 Å². The predicted molar refractivity (Wildman–Crippen MR) is 79.5 cm³/mol. The van der Waals surface area contributed by atoms with Gasteiger partial charge in [-0.3, -0.25) is 9.69 Å². The normalized spacial score (nSPS) is 26.1. The molecule has 0 aliphatic carbocycles. The van der Waals surface area contributed by atoms with E-state index in [1.165, 1.54) is 11.3 Å². The van der Waals surface area contributed by atoms with E-state index in [4.69, 9.17) is 5.11 Å². The van der Waals surface area contributed by atoms with E-state index in [0.717, 1.165) is 36.4 Å². The van der Waals surface area contributed by atoms with E-state index >= 15 is 0 Å². The van der Waals surface area contributed by atoms with Gasteiger partial charge in [-0.05, 0) is 37.8 Å². The zero-order valence-electron chi connectivity index (χ0n) is 12.0. The number of rotatable bonds is 2. The number of anilines is 1. The first kappa shape index (κ1) is 15.0. The summed E-state index contributed by atoms with van der Waals surface area (Å²) in [7, 11) is 0. The second kappa shape index (κ2) is 5.36. The summed E-state index contributed by atoms with van der Waals surface area (Å²) in [5.41, 5.74) is 0.842. The van der Waals surface area contributed by atoms with Crippen LogP contribution in [0.3, 0.4) is 0 Å². The summed E-state index contributed by atoms with van der Waals surface area (Å²) >= 11 is 1.18. The molecule has 3 heterocycles. The molecule has 2 aliphatic heterocycles. The van der Waals surface area contributed by atoms with E-state index in [1.54, 1.807) is 0 Å². The minimum Gasteiger partial charge on any atom is -0.478 e. The Morgan fingerprint density at radius 2 is 2.05 bits per heavy atom. The van der Waals surface area contributed by atoms with Gasteiger partial charge in [0, 0.05) is 17.5 Å². The van der Waals surface area contributed by atoms with Gasteiger partial charge in [0.25, 0.3) is 0 Å². The van der Waals surface area contributed by atoms with Crippen molar-refractivity contribution in [2.45, 2.75) is 31.7 Å². The number of fused-ring (bicyclic) bond motifs is 4. The van der Waals surface area contributed by atoms with Crippen LogP contribution in [0.4, 0.5) is 5.00 Å². The van der Waals surface area contributed by atoms with Crippen LogP contribution in [0, 0.1) is 0 Å². The lowest BCUT2D eigenvalue weighted by atomic mass is 9.82. The third-order valence-corrected chi connectivity index (χ3v) is 5.69. The molecular formula is C14H16N2O5S. The summed E-state index contributed by atoms with van der Waals surface area (Å²) in [5.74, 6) is -3.82. The lowest BCUT2D eigenvalue weighted by molar-refractivity contribution is -0.147. The van der Waals surface area contributed by atoms with Crippen molar-refractivity contribution in [3.8, 4) is 0 Å². The second-order valence-electron chi connectivity index (χ2n) is 5.66. The lowest BCUT2D eigenvalue weighted by Crippen LogP contribution is -2.40. The van der Waals surface area contributed by atoms with E-state index < -0.39 is 17.8 Å². The Balaban J connectivity index is 2.10. The van der Waals surface area contributed by atoms with E-state index in [1.807, 2.05) is 6.92 Å². The molecule has 1 aromatic rings. The van der Waals surface area contributed by atoms with Crippen LogP contribution in [0.5, 0.6) is 0 Å². The van der Waals surface area contributed by atoms with Crippen LogP contribution in [-0.4, -0.2) is 46.0 Å². The van der Waals surface area contributed by atoms with Crippen molar-refractivity contribution in [3.63, 3.8) is 0 Å². The number of carbonyl (C=O) groups excluding carboxylic acids is 1. The van der Waals surface area contributed by atoms with Crippen LogP contribution in [0.2, 0.25) is 0 Å².